The second kappa shape index (κ2) is 4.17. The summed E-state index contributed by atoms with van der Waals surface area (Å²) in [5, 5.41) is 4.11. The Morgan fingerprint density at radius 1 is 1.19 bits per heavy atom. The maximum Gasteiger partial charge on any atom is 0.223 e. The molecule has 0 unspecified atom stereocenters. The molecule has 0 spiro atoms. The van der Waals surface area contributed by atoms with Crippen LogP contribution in [0.4, 0.5) is 5.95 Å². The highest BCUT2D eigenvalue weighted by atomic mass is 32.1. The molecule has 0 aliphatic rings. The zero-order valence-electron chi connectivity index (χ0n) is 9.56. The summed E-state index contributed by atoms with van der Waals surface area (Å²) in [6.45, 7) is 6.12. The van der Waals surface area contributed by atoms with Gasteiger partial charge in [-0.3, -0.25) is 0 Å². The van der Waals surface area contributed by atoms with E-state index >= 15 is 0 Å². The van der Waals surface area contributed by atoms with Crippen molar-refractivity contribution in [3.8, 4) is 11.4 Å². The Hall–Kier alpha value is -1.49. The van der Waals surface area contributed by atoms with Crippen molar-refractivity contribution in [2.24, 2.45) is 0 Å². The van der Waals surface area contributed by atoms with E-state index < -0.39 is 0 Å². The van der Waals surface area contributed by atoms with Crippen LogP contribution < -0.4 is 5.73 Å². The van der Waals surface area contributed by atoms with Crippen LogP contribution in [0, 0.1) is 6.92 Å². The SMILES string of the molecule is Cc1cscc1-c1nc(N)nc(C(C)C)n1. The molecular formula is C11H14N4S. The summed E-state index contributed by atoms with van der Waals surface area (Å²) >= 11 is 1.64. The number of hydrogen-bond acceptors (Lipinski definition) is 5. The summed E-state index contributed by atoms with van der Waals surface area (Å²) in [7, 11) is 0. The van der Waals surface area contributed by atoms with Gasteiger partial charge in [0.05, 0.1) is 0 Å². The average molecular weight is 234 g/mol. The third-order valence-electron chi connectivity index (χ3n) is 2.28. The fourth-order valence-electron chi connectivity index (χ4n) is 1.38. The number of nitrogens with zero attached hydrogens (tertiary/aromatic N) is 3. The van der Waals surface area contributed by atoms with Gasteiger partial charge in [0.15, 0.2) is 5.82 Å². The van der Waals surface area contributed by atoms with Gasteiger partial charge < -0.3 is 5.73 Å². The second-order valence-corrected chi connectivity index (χ2v) is 4.74. The lowest BCUT2D eigenvalue weighted by Crippen LogP contribution is -2.06. The molecule has 2 aromatic heterocycles. The van der Waals surface area contributed by atoms with Gasteiger partial charge in [0.25, 0.3) is 0 Å². The molecule has 0 amide bonds. The van der Waals surface area contributed by atoms with E-state index in [0.29, 0.717) is 11.8 Å². The smallest absolute Gasteiger partial charge is 0.223 e. The molecule has 0 aliphatic carbocycles. The number of nitrogens with two attached hydrogens (primary N) is 1. The number of aromatic nitrogens is 3. The van der Waals surface area contributed by atoms with Gasteiger partial charge in [-0.2, -0.15) is 21.3 Å². The van der Waals surface area contributed by atoms with Crippen LogP contribution in [0.3, 0.4) is 0 Å². The monoisotopic (exact) mass is 234 g/mol. The van der Waals surface area contributed by atoms with E-state index in [1.165, 1.54) is 5.56 Å². The Kier molecular flexibility index (Phi) is 2.87. The first-order valence-corrected chi connectivity index (χ1v) is 6.07. The van der Waals surface area contributed by atoms with Crippen molar-refractivity contribution in [1.29, 1.82) is 0 Å². The van der Waals surface area contributed by atoms with Crippen LogP contribution in [0.2, 0.25) is 0 Å². The number of aryl methyl sites for hydroxylation is 1. The highest BCUT2D eigenvalue weighted by molar-refractivity contribution is 7.08. The number of hydrogen-bond donors (Lipinski definition) is 1. The summed E-state index contributed by atoms with van der Waals surface area (Å²) in [6.07, 6.45) is 0. The molecule has 0 saturated heterocycles. The molecule has 16 heavy (non-hydrogen) atoms. The van der Waals surface area contributed by atoms with Gasteiger partial charge in [0.2, 0.25) is 5.95 Å². The molecule has 0 aromatic carbocycles. The minimum atomic E-state index is 0.253. The normalized spacial score (nSPS) is 11.0. The summed E-state index contributed by atoms with van der Waals surface area (Å²) < 4.78 is 0. The van der Waals surface area contributed by atoms with Crippen molar-refractivity contribution in [3.63, 3.8) is 0 Å². The van der Waals surface area contributed by atoms with Gasteiger partial charge in [-0.25, -0.2) is 4.98 Å². The third-order valence-corrected chi connectivity index (χ3v) is 3.14. The van der Waals surface area contributed by atoms with E-state index in [0.717, 1.165) is 11.4 Å². The van der Waals surface area contributed by atoms with Crippen LogP contribution in [0.15, 0.2) is 10.8 Å². The molecule has 0 bridgehead atoms. The number of rotatable bonds is 2. The Bertz CT molecular complexity index is 504. The van der Waals surface area contributed by atoms with Crippen molar-refractivity contribution in [1.82, 2.24) is 15.0 Å². The topological polar surface area (TPSA) is 64.7 Å². The first-order valence-electron chi connectivity index (χ1n) is 5.12. The molecule has 0 saturated carbocycles. The highest BCUT2D eigenvalue weighted by Gasteiger charge is 2.11. The molecule has 4 nitrogen and oxygen atoms in total. The van der Waals surface area contributed by atoms with Crippen LogP contribution in [-0.2, 0) is 0 Å². The third kappa shape index (κ3) is 2.04. The van der Waals surface area contributed by atoms with Gasteiger partial charge in [-0.05, 0) is 17.9 Å². The van der Waals surface area contributed by atoms with Crippen LogP contribution in [0.25, 0.3) is 11.4 Å². The zero-order chi connectivity index (χ0) is 11.7. The fourth-order valence-corrected chi connectivity index (χ4v) is 2.20. The maximum atomic E-state index is 5.69. The molecule has 0 fully saturated rings. The lowest BCUT2D eigenvalue weighted by Gasteiger charge is -2.06. The van der Waals surface area contributed by atoms with Crippen molar-refractivity contribution in [2.45, 2.75) is 26.7 Å². The summed E-state index contributed by atoms with van der Waals surface area (Å²) in [6, 6.07) is 0. The van der Waals surface area contributed by atoms with E-state index in [2.05, 4.69) is 20.3 Å². The summed E-state index contributed by atoms with van der Waals surface area (Å²) in [5.41, 5.74) is 7.91. The van der Waals surface area contributed by atoms with Gasteiger partial charge in [-0.15, -0.1) is 0 Å². The Balaban J connectivity index is 2.54. The average Bonchev–Trinajstić information content (AvgIpc) is 2.63. The minimum Gasteiger partial charge on any atom is -0.368 e. The van der Waals surface area contributed by atoms with Crippen molar-refractivity contribution < 1.29 is 0 Å². The lowest BCUT2D eigenvalue weighted by molar-refractivity contribution is 0.767. The molecule has 0 aliphatic heterocycles. The van der Waals surface area contributed by atoms with Crippen LogP contribution in [0.1, 0.15) is 31.2 Å². The van der Waals surface area contributed by atoms with Crippen molar-refractivity contribution in [2.75, 3.05) is 5.73 Å². The van der Waals surface area contributed by atoms with E-state index in [-0.39, 0.29) is 5.92 Å². The molecule has 0 radical (unpaired) electrons. The quantitative estimate of drug-likeness (QED) is 0.867. The molecule has 5 heteroatoms. The van der Waals surface area contributed by atoms with E-state index in [1.807, 2.05) is 26.2 Å². The Morgan fingerprint density at radius 3 is 2.50 bits per heavy atom. The molecule has 2 N–H and O–H groups in total. The number of thiophene rings is 1. The predicted molar refractivity (Wildman–Crippen MR) is 66.4 cm³/mol. The number of nitrogen functional groups attached to an aromatic ring is 1. The standard InChI is InChI=1S/C11H14N4S/c1-6(2)9-13-10(15-11(12)14-9)8-5-16-4-7(8)3/h4-6H,1-3H3,(H2,12,13,14,15). The first kappa shape index (κ1) is 11.0. The molecule has 2 aromatic rings. The Morgan fingerprint density at radius 2 is 1.94 bits per heavy atom. The zero-order valence-corrected chi connectivity index (χ0v) is 10.4. The highest BCUT2D eigenvalue weighted by Crippen LogP contribution is 2.24. The molecule has 0 atom stereocenters. The first-order chi connectivity index (χ1) is 7.58. The van der Waals surface area contributed by atoms with Gasteiger partial charge >= 0.3 is 0 Å². The van der Waals surface area contributed by atoms with E-state index in [9.17, 15) is 0 Å². The van der Waals surface area contributed by atoms with Crippen molar-refractivity contribution >= 4 is 17.3 Å². The summed E-state index contributed by atoms with van der Waals surface area (Å²) in [5.74, 6) is 1.96. The van der Waals surface area contributed by atoms with Crippen molar-refractivity contribution in [3.05, 3.63) is 22.1 Å². The molecule has 2 rings (SSSR count). The van der Waals surface area contributed by atoms with Gasteiger partial charge in [0.1, 0.15) is 5.82 Å². The second-order valence-electron chi connectivity index (χ2n) is 4.00. The molecular weight excluding hydrogens is 220 g/mol. The van der Waals surface area contributed by atoms with Gasteiger partial charge in [-0.1, -0.05) is 13.8 Å². The minimum absolute atomic E-state index is 0.253. The number of anilines is 1. The van der Waals surface area contributed by atoms with Crippen LogP contribution in [-0.4, -0.2) is 15.0 Å². The predicted octanol–water partition coefficient (Wildman–Crippen LogP) is 2.61. The molecule has 84 valence electrons. The van der Waals surface area contributed by atoms with Gasteiger partial charge in [0, 0.05) is 16.9 Å². The lowest BCUT2D eigenvalue weighted by atomic mass is 10.2. The largest absolute Gasteiger partial charge is 0.368 e. The van der Waals surface area contributed by atoms with Crippen LogP contribution >= 0.6 is 11.3 Å². The molecule has 2 heterocycles. The Labute approximate surface area is 98.6 Å². The van der Waals surface area contributed by atoms with E-state index in [4.69, 9.17) is 5.73 Å². The van der Waals surface area contributed by atoms with E-state index in [1.54, 1.807) is 11.3 Å². The van der Waals surface area contributed by atoms with Crippen LogP contribution in [0.5, 0.6) is 0 Å². The summed E-state index contributed by atoms with van der Waals surface area (Å²) in [4.78, 5) is 12.8. The maximum absolute atomic E-state index is 5.69. The fraction of sp³-hybridized carbons (Fsp3) is 0.364.